The highest BCUT2D eigenvalue weighted by Gasteiger charge is 2.18. The van der Waals surface area contributed by atoms with E-state index in [1.165, 1.54) is 21.9 Å². The maximum Gasteiger partial charge on any atom is 0.150 e. The second kappa shape index (κ2) is 7.37. The van der Waals surface area contributed by atoms with E-state index in [0.29, 0.717) is 0 Å². The minimum Gasteiger partial charge on any atom is -0.298 e. The summed E-state index contributed by atoms with van der Waals surface area (Å²) in [5.41, 5.74) is 4.38. The molecule has 0 radical (unpaired) electrons. The molecule has 0 bridgehead atoms. The Labute approximate surface area is 153 Å². The van der Waals surface area contributed by atoms with Gasteiger partial charge in [-0.25, -0.2) is 0 Å². The first-order valence-corrected chi connectivity index (χ1v) is 8.92. The van der Waals surface area contributed by atoms with Crippen molar-refractivity contribution in [2.24, 2.45) is 0 Å². The third-order valence-electron chi connectivity index (χ3n) is 5.00. The van der Waals surface area contributed by atoms with Crippen LogP contribution in [0.2, 0.25) is 0 Å². The van der Waals surface area contributed by atoms with Crippen LogP contribution in [0.3, 0.4) is 0 Å². The largest absolute Gasteiger partial charge is 0.298 e. The van der Waals surface area contributed by atoms with Crippen molar-refractivity contribution in [1.82, 2.24) is 0 Å². The van der Waals surface area contributed by atoms with Crippen molar-refractivity contribution in [3.63, 3.8) is 0 Å². The first-order chi connectivity index (χ1) is 12.9. The van der Waals surface area contributed by atoms with Crippen LogP contribution in [0.5, 0.6) is 0 Å². The molecule has 0 saturated heterocycles. The van der Waals surface area contributed by atoms with Crippen LogP contribution in [0.4, 0.5) is 0 Å². The van der Waals surface area contributed by atoms with Crippen molar-refractivity contribution >= 4 is 17.1 Å². The van der Waals surface area contributed by atoms with E-state index in [0.717, 1.165) is 23.8 Å². The number of hydrogen-bond acceptors (Lipinski definition) is 1. The van der Waals surface area contributed by atoms with Crippen LogP contribution >= 0.6 is 0 Å². The molecule has 0 spiro atoms. The molecule has 1 heteroatoms. The summed E-state index contributed by atoms with van der Waals surface area (Å²) in [6.07, 6.45) is 1.82. The second-order valence-electron chi connectivity index (χ2n) is 6.55. The van der Waals surface area contributed by atoms with Gasteiger partial charge in [0.05, 0.1) is 0 Å². The Morgan fingerprint density at radius 2 is 1.38 bits per heavy atom. The monoisotopic (exact) mass is 336 g/mol. The van der Waals surface area contributed by atoms with Gasteiger partial charge in [-0.3, -0.25) is 4.79 Å². The number of hydrogen-bond donors (Lipinski definition) is 0. The summed E-state index contributed by atoms with van der Waals surface area (Å²) in [6, 6.07) is 33.3. The molecule has 0 N–H and O–H groups in total. The summed E-state index contributed by atoms with van der Waals surface area (Å²) in [7, 11) is 0. The molecule has 4 aromatic carbocycles. The maximum atomic E-state index is 11.6. The molecule has 0 saturated carbocycles. The van der Waals surface area contributed by atoms with E-state index in [2.05, 4.69) is 72.8 Å². The van der Waals surface area contributed by atoms with E-state index >= 15 is 0 Å². The minimum atomic E-state index is 0.142. The van der Waals surface area contributed by atoms with Crippen molar-refractivity contribution in [1.29, 1.82) is 0 Å². The molecular weight excluding hydrogens is 316 g/mol. The first-order valence-electron chi connectivity index (χ1n) is 8.92. The van der Waals surface area contributed by atoms with E-state index in [-0.39, 0.29) is 5.92 Å². The summed E-state index contributed by atoms with van der Waals surface area (Å²) < 4.78 is 0. The summed E-state index contributed by atoms with van der Waals surface area (Å²) in [4.78, 5) is 11.6. The van der Waals surface area contributed by atoms with E-state index in [1.54, 1.807) is 0 Å². The van der Waals surface area contributed by atoms with E-state index in [4.69, 9.17) is 0 Å². The molecule has 0 aliphatic carbocycles. The minimum absolute atomic E-state index is 0.142. The highest BCUT2D eigenvalue weighted by molar-refractivity contribution is 5.86. The Kier molecular flexibility index (Phi) is 4.61. The zero-order valence-corrected chi connectivity index (χ0v) is 14.5. The number of carbonyl (C=O) groups is 1. The first kappa shape index (κ1) is 16.3. The van der Waals surface area contributed by atoms with Crippen LogP contribution in [-0.4, -0.2) is 6.29 Å². The van der Waals surface area contributed by atoms with Crippen LogP contribution in [0, 0.1) is 0 Å². The SMILES string of the molecule is O=Cc1ccccc1[C@H](Cc1cccc2ccccc12)c1ccccc1. The van der Waals surface area contributed by atoms with Gasteiger partial charge in [-0.2, -0.15) is 0 Å². The molecule has 0 unspecified atom stereocenters. The number of rotatable bonds is 5. The van der Waals surface area contributed by atoms with Crippen molar-refractivity contribution in [2.75, 3.05) is 0 Å². The standard InChI is InChI=1S/C25H20O/c26-18-22-12-5-7-16-24(22)25(20-9-2-1-3-10-20)17-21-14-8-13-19-11-4-6-15-23(19)21/h1-16,18,25H,17H2/t25-/m1/s1. The topological polar surface area (TPSA) is 17.1 Å². The van der Waals surface area contributed by atoms with Gasteiger partial charge in [-0.05, 0) is 33.9 Å². The normalized spacial score (nSPS) is 12.0. The van der Waals surface area contributed by atoms with Crippen LogP contribution in [0.15, 0.2) is 97.1 Å². The lowest BCUT2D eigenvalue weighted by Crippen LogP contribution is -2.08. The highest BCUT2D eigenvalue weighted by Crippen LogP contribution is 2.32. The Morgan fingerprint density at radius 1 is 0.692 bits per heavy atom. The van der Waals surface area contributed by atoms with Gasteiger partial charge in [0.2, 0.25) is 0 Å². The summed E-state index contributed by atoms with van der Waals surface area (Å²) in [6.45, 7) is 0. The number of aldehydes is 1. The lowest BCUT2D eigenvalue weighted by Gasteiger charge is -2.21. The van der Waals surface area contributed by atoms with Gasteiger partial charge < -0.3 is 0 Å². The third kappa shape index (κ3) is 3.16. The third-order valence-corrected chi connectivity index (χ3v) is 5.00. The molecule has 0 aliphatic heterocycles. The quantitative estimate of drug-likeness (QED) is 0.407. The molecular formula is C25H20O. The highest BCUT2D eigenvalue weighted by atomic mass is 16.1. The van der Waals surface area contributed by atoms with Gasteiger partial charge in [0.15, 0.2) is 0 Å². The zero-order valence-electron chi connectivity index (χ0n) is 14.5. The van der Waals surface area contributed by atoms with E-state index in [1.807, 2.05) is 24.3 Å². The van der Waals surface area contributed by atoms with Crippen LogP contribution in [0.25, 0.3) is 10.8 Å². The fourth-order valence-corrected chi connectivity index (χ4v) is 3.72. The Hall–Kier alpha value is -3.19. The fraction of sp³-hybridized carbons (Fsp3) is 0.0800. The number of benzene rings is 4. The summed E-state index contributed by atoms with van der Waals surface area (Å²) >= 11 is 0. The van der Waals surface area contributed by atoms with Crippen molar-refractivity contribution < 1.29 is 4.79 Å². The van der Waals surface area contributed by atoms with E-state index in [9.17, 15) is 4.79 Å². The van der Waals surface area contributed by atoms with Gasteiger partial charge in [0.25, 0.3) is 0 Å². The Morgan fingerprint density at radius 3 is 2.23 bits per heavy atom. The van der Waals surface area contributed by atoms with Crippen molar-refractivity contribution in [2.45, 2.75) is 12.3 Å². The molecule has 1 atom stereocenters. The molecule has 0 heterocycles. The smallest absolute Gasteiger partial charge is 0.150 e. The van der Waals surface area contributed by atoms with E-state index < -0.39 is 0 Å². The number of fused-ring (bicyclic) bond motifs is 1. The molecule has 4 rings (SSSR count). The van der Waals surface area contributed by atoms with Gasteiger partial charge in [0, 0.05) is 11.5 Å². The Balaban J connectivity index is 1.85. The van der Waals surface area contributed by atoms with Crippen LogP contribution in [0.1, 0.15) is 33.0 Å². The van der Waals surface area contributed by atoms with Gasteiger partial charge in [0.1, 0.15) is 6.29 Å². The molecule has 1 nitrogen and oxygen atoms in total. The molecule has 0 aromatic heterocycles. The van der Waals surface area contributed by atoms with Gasteiger partial charge >= 0.3 is 0 Å². The summed E-state index contributed by atoms with van der Waals surface area (Å²) in [5.74, 6) is 0.142. The molecule has 4 aromatic rings. The average Bonchev–Trinajstić information content (AvgIpc) is 2.73. The van der Waals surface area contributed by atoms with Gasteiger partial charge in [-0.1, -0.05) is 97.1 Å². The molecule has 26 heavy (non-hydrogen) atoms. The lowest BCUT2D eigenvalue weighted by molar-refractivity contribution is 0.112. The Bertz CT molecular complexity index is 1030. The average molecular weight is 336 g/mol. The molecule has 0 aliphatic rings. The predicted octanol–water partition coefficient (Wildman–Crippen LogP) is 6.03. The summed E-state index contributed by atoms with van der Waals surface area (Å²) in [5, 5.41) is 2.53. The van der Waals surface area contributed by atoms with Crippen LogP contribution in [-0.2, 0) is 6.42 Å². The van der Waals surface area contributed by atoms with Crippen molar-refractivity contribution in [3.8, 4) is 0 Å². The zero-order chi connectivity index (χ0) is 17.8. The van der Waals surface area contributed by atoms with Crippen LogP contribution < -0.4 is 0 Å². The van der Waals surface area contributed by atoms with Gasteiger partial charge in [-0.15, -0.1) is 0 Å². The lowest BCUT2D eigenvalue weighted by atomic mass is 9.83. The fourth-order valence-electron chi connectivity index (χ4n) is 3.72. The number of carbonyl (C=O) groups excluding carboxylic acids is 1. The van der Waals surface area contributed by atoms with Crippen molar-refractivity contribution in [3.05, 3.63) is 119 Å². The molecule has 0 fully saturated rings. The maximum absolute atomic E-state index is 11.6. The second-order valence-corrected chi connectivity index (χ2v) is 6.55. The predicted molar refractivity (Wildman–Crippen MR) is 108 cm³/mol. The molecule has 0 amide bonds. The molecule has 126 valence electrons.